The number of para-hydroxylation sites is 1. The van der Waals surface area contributed by atoms with E-state index in [9.17, 15) is 28.1 Å². The van der Waals surface area contributed by atoms with Gasteiger partial charge in [-0.15, -0.1) is 11.3 Å². The van der Waals surface area contributed by atoms with Gasteiger partial charge in [-0.3, -0.25) is 19.7 Å². The summed E-state index contributed by atoms with van der Waals surface area (Å²) in [4.78, 5) is 37.0. The molecule has 1 unspecified atom stereocenters. The van der Waals surface area contributed by atoms with E-state index in [1.165, 1.54) is 36.6 Å². The fourth-order valence-corrected chi connectivity index (χ4v) is 6.46. The Hall–Kier alpha value is -3.35. The Morgan fingerprint density at radius 2 is 1.74 bits per heavy atom. The van der Waals surface area contributed by atoms with E-state index in [-0.39, 0.29) is 41.6 Å². The highest BCUT2D eigenvalue weighted by molar-refractivity contribution is 7.89. The quantitative estimate of drug-likeness (QED) is 0.227. The van der Waals surface area contributed by atoms with E-state index in [1.54, 1.807) is 0 Å². The van der Waals surface area contributed by atoms with Crippen LogP contribution in [-0.4, -0.2) is 55.1 Å². The van der Waals surface area contributed by atoms with Crippen molar-refractivity contribution in [3.05, 3.63) is 69.6 Å². The van der Waals surface area contributed by atoms with Crippen molar-refractivity contribution in [2.75, 3.05) is 13.6 Å². The summed E-state index contributed by atoms with van der Waals surface area (Å²) in [5.41, 5.74) is -0.490. The molecule has 2 atom stereocenters. The zero-order valence-corrected chi connectivity index (χ0v) is 24.1. The van der Waals surface area contributed by atoms with Crippen LogP contribution in [0.3, 0.4) is 0 Å². The predicted molar refractivity (Wildman–Crippen MR) is 152 cm³/mol. The van der Waals surface area contributed by atoms with Gasteiger partial charge in [-0.2, -0.15) is 0 Å². The van der Waals surface area contributed by atoms with Gasteiger partial charge in [0.2, 0.25) is 15.9 Å². The topological polar surface area (TPSA) is 139 Å². The maximum Gasteiger partial charge on any atom is 0.289 e. The van der Waals surface area contributed by atoms with Gasteiger partial charge in [0.15, 0.2) is 4.90 Å². The maximum atomic E-state index is 13.2. The second kappa shape index (κ2) is 13.1. The molecule has 0 aliphatic heterocycles. The average Bonchev–Trinajstić information content (AvgIpc) is 3.34. The van der Waals surface area contributed by atoms with Crippen LogP contribution in [0.5, 0.6) is 0 Å². The molecule has 210 valence electrons. The molecule has 0 saturated carbocycles. The van der Waals surface area contributed by atoms with Crippen molar-refractivity contribution < 1.29 is 22.9 Å². The van der Waals surface area contributed by atoms with Gasteiger partial charge in [0, 0.05) is 30.4 Å². The second-order valence-electron chi connectivity index (χ2n) is 9.76. The van der Waals surface area contributed by atoms with Gasteiger partial charge >= 0.3 is 0 Å². The highest BCUT2D eigenvalue weighted by atomic mass is 32.2. The smallest absolute Gasteiger partial charge is 0.289 e. The van der Waals surface area contributed by atoms with Crippen LogP contribution in [0.15, 0.2) is 59.5 Å². The summed E-state index contributed by atoms with van der Waals surface area (Å²) in [7, 11) is -2.76. The highest BCUT2D eigenvalue weighted by Gasteiger charge is 2.30. The van der Waals surface area contributed by atoms with Gasteiger partial charge in [-0.1, -0.05) is 51.1 Å². The van der Waals surface area contributed by atoms with Crippen LogP contribution in [0.1, 0.15) is 49.7 Å². The normalized spacial score (nSPS) is 13.4. The van der Waals surface area contributed by atoms with Crippen LogP contribution in [0, 0.1) is 16.0 Å². The number of sulfonamides is 1. The molecule has 0 aliphatic rings. The van der Waals surface area contributed by atoms with E-state index in [4.69, 9.17) is 0 Å². The van der Waals surface area contributed by atoms with E-state index in [2.05, 4.69) is 10.6 Å². The Morgan fingerprint density at radius 1 is 1.08 bits per heavy atom. The summed E-state index contributed by atoms with van der Waals surface area (Å²) < 4.78 is 28.1. The third-order valence-electron chi connectivity index (χ3n) is 6.36. The number of nitro benzene ring substituents is 1. The summed E-state index contributed by atoms with van der Waals surface area (Å²) in [6.07, 6.45) is 1.26. The fourth-order valence-electron chi connectivity index (χ4n) is 4.16. The SMILES string of the molecule is CCC(CCN(C)S(=O)(=O)c1ccccc1[N+](=O)[O-])NC(=O)[C@H](CC(C)C)NC(=O)c1cc2ccccc2s1. The molecule has 10 nitrogen and oxygen atoms in total. The van der Waals surface area contributed by atoms with Crippen molar-refractivity contribution in [1.29, 1.82) is 0 Å². The fraction of sp³-hybridized carbons (Fsp3) is 0.407. The molecule has 2 amide bonds. The lowest BCUT2D eigenvalue weighted by Gasteiger charge is -2.25. The number of rotatable bonds is 13. The number of amides is 2. The first-order valence-electron chi connectivity index (χ1n) is 12.7. The number of carbonyl (C=O) groups excluding carboxylic acids is 2. The van der Waals surface area contributed by atoms with E-state index in [0.717, 1.165) is 20.5 Å². The number of thiophene rings is 1. The molecule has 0 spiro atoms. The summed E-state index contributed by atoms with van der Waals surface area (Å²) in [6, 6.07) is 13.6. The summed E-state index contributed by atoms with van der Waals surface area (Å²) in [6.45, 7) is 5.84. The van der Waals surface area contributed by atoms with Crippen LogP contribution in [-0.2, 0) is 14.8 Å². The molecule has 0 aliphatic carbocycles. The summed E-state index contributed by atoms with van der Waals surface area (Å²) >= 11 is 1.36. The van der Waals surface area contributed by atoms with Crippen LogP contribution in [0.2, 0.25) is 0 Å². The molecule has 3 rings (SSSR count). The third-order valence-corrected chi connectivity index (χ3v) is 9.38. The van der Waals surface area contributed by atoms with Crippen molar-refractivity contribution in [3.63, 3.8) is 0 Å². The van der Waals surface area contributed by atoms with Crippen molar-refractivity contribution in [1.82, 2.24) is 14.9 Å². The molecule has 0 bridgehead atoms. The minimum Gasteiger partial charge on any atom is -0.352 e. The molecule has 1 aromatic heterocycles. The molecule has 1 heterocycles. The first-order chi connectivity index (χ1) is 18.4. The number of nitrogens with zero attached hydrogens (tertiary/aromatic N) is 2. The van der Waals surface area contributed by atoms with Crippen LogP contribution in [0.25, 0.3) is 10.1 Å². The van der Waals surface area contributed by atoms with Crippen LogP contribution >= 0.6 is 11.3 Å². The molecule has 0 radical (unpaired) electrons. The van der Waals surface area contributed by atoms with E-state index >= 15 is 0 Å². The highest BCUT2D eigenvalue weighted by Crippen LogP contribution is 2.27. The number of nitro groups is 1. The van der Waals surface area contributed by atoms with Gasteiger partial charge in [0.05, 0.1) is 9.80 Å². The van der Waals surface area contributed by atoms with Gasteiger partial charge in [-0.05, 0) is 48.8 Å². The Labute approximate surface area is 232 Å². The first kappa shape index (κ1) is 30.2. The van der Waals surface area contributed by atoms with E-state index in [1.807, 2.05) is 51.1 Å². The van der Waals surface area contributed by atoms with Crippen molar-refractivity contribution in [2.24, 2.45) is 5.92 Å². The standard InChI is InChI=1S/C27H34N4O6S2/c1-5-20(14-15-30(4)39(36,37)25-13-9-7-11-22(25)31(34)35)28-26(32)21(16-18(2)3)29-27(33)24-17-19-10-6-8-12-23(19)38-24/h6-13,17-18,20-21H,5,14-16H2,1-4H3,(H,28,32)(H,29,33)/t20?,21-/m0/s1. The largest absolute Gasteiger partial charge is 0.352 e. The molecule has 2 aromatic carbocycles. The van der Waals surface area contributed by atoms with Crippen LogP contribution < -0.4 is 10.6 Å². The minimum absolute atomic E-state index is 0.0379. The Morgan fingerprint density at radius 3 is 2.38 bits per heavy atom. The zero-order valence-electron chi connectivity index (χ0n) is 22.4. The summed E-state index contributed by atoms with van der Waals surface area (Å²) in [5, 5.41) is 18.1. The van der Waals surface area contributed by atoms with Gasteiger partial charge in [0.1, 0.15) is 6.04 Å². The second-order valence-corrected chi connectivity index (χ2v) is 12.9. The monoisotopic (exact) mass is 574 g/mol. The maximum absolute atomic E-state index is 13.2. The number of hydrogen-bond donors (Lipinski definition) is 2. The molecule has 12 heteroatoms. The molecule has 2 N–H and O–H groups in total. The van der Waals surface area contributed by atoms with Gasteiger partial charge in [0.25, 0.3) is 11.6 Å². The Balaban J connectivity index is 1.66. The van der Waals surface area contributed by atoms with Gasteiger partial charge < -0.3 is 10.6 Å². The average molecular weight is 575 g/mol. The number of hydrogen-bond acceptors (Lipinski definition) is 7. The number of benzene rings is 2. The van der Waals surface area contributed by atoms with E-state index in [0.29, 0.717) is 17.7 Å². The molecule has 39 heavy (non-hydrogen) atoms. The minimum atomic E-state index is -4.11. The number of fused-ring (bicyclic) bond motifs is 1. The lowest BCUT2D eigenvalue weighted by molar-refractivity contribution is -0.387. The lowest BCUT2D eigenvalue weighted by Crippen LogP contribution is -2.50. The summed E-state index contributed by atoms with van der Waals surface area (Å²) in [5.74, 6) is -0.518. The number of nitrogens with one attached hydrogen (secondary N) is 2. The number of carbonyl (C=O) groups is 2. The Bertz CT molecular complexity index is 1400. The molecular weight excluding hydrogens is 540 g/mol. The van der Waals surface area contributed by atoms with Gasteiger partial charge in [-0.25, -0.2) is 12.7 Å². The van der Waals surface area contributed by atoms with Crippen molar-refractivity contribution in [2.45, 2.75) is 57.0 Å². The molecule has 0 fully saturated rings. The lowest BCUT2D eigenvalue weighted by atomic mass is 10.0. The Kier molecular flexibility index (Phi) is 10.2. The molecule has 0 saturated heterocycles. The van der Waals surface area contributed by atoms with Crippen molar-refractivity contribution in [3.8, 4) is 0 Å². The van der Waals surface area contributed by atoms with Crippen molar-refractivity contribution >= 4 is 48.9 Å². The molecule has 3 aromatic rings. The van der Waals surface area contributed by atoms with E-state index < -0.39 is 26.7 Å². The molecular formula is C27H34N4O6S2. The third kappa shape index (κ3) is 7.61. The van der Waals surface area contributed by atoms with Crippen LogP contribution in [0.4, 0.5) is 5.69 Å². The first-order valence-corrected chi connectivity index (χ1v) is 15.0. The zero-order chi connectivity index (χ0) is 28.7. The predicted octanol–water partition coefficient (Wildman–Crippen LogP) is 4.56.